The summed E-state index contributed by atoms with van der Waals surface area (Å²) >= 11 is 1.28. The van der Waals surface area contributed by atoms with Gasteiger partial charge in [-0.05, 0) is 20.3 Å². The van der Waals surface area contributed by atoms with Crippen molar-refractivity contribution in [3.05, 3.63) is 15.8 Å². The Hall–Kier alpha value is -1.41. The van der Waals surface area contributed by atoms with E-state index in [-0.39, 0.29) is 17.5 Å². The van der Waals surface area contributed by atoms with Crippen LogP contribution in [0.15, 0.2) is 5.03 Å². The molecule has 1 rings (SSSR count). The second-order valence-electron chi connectivity index (χ2n) is 4.01. The standard InChI is InChI=1S/C11H18N4O3S/c1-4-12-11-13-8(3)9(15(17)18)10(14-11)19-7(2)5-6-16/h7,16H,4-6H2,1-3H3,(H,12,13,14). The average Bonchev–Trinajstić information content (AvgIpc) is 2.28. The molecule has 0 fully saturated rings. The Balaban J connectivity index is 3.12. The molecule has 0 aliphatic heterocycles. The number of hydrogen-bond donors (Lipinski definition) is 2. The van der Waals surface area contributed by atoms with Crippen LogP contribution in [-0.2, 0) is 0 Å². The lowest BCUT2D eigenvalue weighted by atomic mass is 10.3. The number of aryl methyl sites for hydroxylation is 1. The number of nitro groups is 1. The summed E-state index contributed by atoms with van der Waals surface area (Å²) in [5, 5.41) is 23.3. The van der Waals surface area contributed by atoms with Crippen molar-refractivity contribution in [3.63, 3.8) is 0 Å². The minimum Gasteiger partial charge on any atom is -0.396 e. The van der Waals surface area contributed by atoms with Crippen LogP contribution in [0.5, 0.6) is 0 Å². The van der Waals surface area contributed by atoms with Gasteiger partial charge >= 0.3 is 5.69 Å². The maximum atomic E-state index is 11.1. The number of thioether (sulfide) groups is 1. The number of aromatic nitrogens is 2. The number of nitrogens with one attached hydrogen (secondary N) is 1. The van der Waals surface area contributed by atoms with Crippen LogP contribution in [0.25, 0.3) is 0 Å². The molecule has 1 aromatic heterocycles. The summed E-state index contributed by atoms with van der Waals surface area (Å²) in [4.78, 5) is 18.9. The zero-order valence-electron chi connectivity index (χ0n) is 11.2. The maximum Gasteiger partial charge on any atom is 0.322 e. The molecular formula is C11H18N4O3S. The average molecular weight is 286 g/mol. The Morgan fingerprint density at radius 3 is 2.74 bits per heavy atom. The van der Waals surface area contributed by atoms with Crippen molar-refractivity contribution < 1.29 is 10.0 Å². The molecule has 0 bridgehead atoms. The van der Waals surface area contributed by atoms with E-state index in [1.807, 2.05) is 13.8 Å². The molecule has 7 nitrogen and oxygen atoms in total. The van der Waals surface area contributed by atoms with E-state index in [0.717, 1.165) is 0 Å². The van der Waals surface area contributed by atoms with Gasteiger partial charge in [-0.25, -0.2) is 4.98 Å². The number of nitrogens with zero attached hydrogens (tertiary/aromatic N) is 3. The molecule has 0 spiro atoms. The van der Waals surface area contributed by atoms with Gasteiger partial charge < -0.3 is 10.4 Å². The van der Waals surface area contributed by atoms with E-state index in [2.05, 4.69) is 15.3 Å². The van der Waals surface area contributed by atoms with E-state index in [9.17, 15) is 10.1 Å². The first-order valence-corrected chi connectivity index (χ1v) is 6.92. The second-order valence-corrected chi connectivity index (χ2v) is 5.44. The molecule has 106 valence electrons. The summed E-state index contributed by atoms with van der Waals surface area (Å²) < 4.78 is 0. The highest BCUT2D eigenvalue weighted by Crippen LogP contribution is 2.33. The van der Waals surface area contributed by atoms with Crippen molar-refractivity contribution in [2.75, 3.05) is 18.5 Å². The van der Waals surface area contributed by atoms with Crippen LogP contribution < -0.4 is 5.32 Å². The van der Waals surface area contributed by atoms with Crippen LogP contribution >= 0.6 is 11.8 Å². The molecule has 2 N–H and O–H groups in total. The fourth-order valence-corrected chi connectivity index (χ4v) is 2.58. The fraction of sp³-hybridized carbons (Fsp3) is 0.636. The second kappa shape index (κ2) is 7.25. The normalized spacial score (nSPS) is 12.2. The van der Waals surface area contributed by atoms with Gasteiger partial charge in [0.15, 0.2) is 5.03 Å². The molecule has 1 unspecified atom stereocenters. The SMILES string of the molecule is CCNc1nc(C)c([N+](=O)[O-])c(SC(C)CCO)n1. The van der Waals surface area contributed by atoms with E-state index in [1.54, 1.807) is 6.92 Å². The van der Waals surface area contributed by atoms with Gasteiger partial charge in [-0.3, -0.25) is 10.1 Å². The van der Waals surface area contributed by atoms with Gasteiger partial charge in [0.1, 0.15) is 5.69 Å². The van der Waals surface area contributed by atoms with E-state index in [0.29, 0.717) is 29.6 Å². The van der Waals surface area contributed by atoms with Crippen molar-refractivity contribution in [3.8, 4) is 0 Å². The Kier molecular flexibility index (Phi) is 5.97. The molecular weight excluding hydrogens is 268 g/mol. The highest BCUT2D eigenvalue weighted by molar-refractivity contribution is 8.00. The van der Waals surface area contributed by atoms with E-state index >= 15 is 0 Å². The Labute approximate surface area is 116 Å². The van der Waals surface area contributed by atoms with E-state index in [1.165, 1.54) is 11.8 Å². The van der Waals surface area contributed by atoms with Gasteiger partial charge in [0.05, 0.1) is 4.92 Å². The van der Waals surface area contributed by atoms with Gasteiger partial charge in [-0.2, -0.15) is 4.98 Å². The minimum atomic E-state index is -0.459. The first-order chi connectivity index (χ1) is 8.99. The van der Waals surface area contributed by atoms with Crippen LogP contribution in [0.4, 0.5) is 11.6 Å². The van der Waals surface area contributed by atoms with Gasteiger partial charge in [-0.15, -0.1) is 0 Å². The molecule has 0 aliphatic rings. The lowest BCUT2D eigenvalue weighted by molar-refractivity contribution is -0.389. The minimum absolute atomic E-state index is 0.0477. The molecule has 0 saturated heterocycles. The highest BCUT2D eigenvalue weighted by atomic mass is 32.2. The summed E-state index contributed by atoms with van der Waals surface area (Å²) in [6, 6.07) is 0. The molecule has 8 heteroatoms. The first kappa shape index (κ1) is 15.6. The Morgan fingerprint density at radius 1 is 1.53 bits per heavy atom. The third kappa shape index (κ3) is 4.32. The number of aliphatic hydroxyl groups is 1. The van der Waals surface area contributed by atoms with Crippen molar-refractivity contribution in [2.24, 2.45) is 0 Å². The van der Waals surface area contributed by atoms with Crippen LogP contribution in [0.2, 0.25) is 0 Å². The predicted octanol–water partition coefficient (Wildman–Crippen LogP) is 1.99. The third-order valence-corrected chi connectivity index (χ3v) is 3.54. The zero-order chi connectivity index (χ0) is 14.4. The monoisotopic (exact) mass is 286 g/mol. The Morgan fingerprint density at radius 2 is 2.21 bits per heavy atom. The van der Waals surface area contributed by atoms with Crippen LogP contribution in [0.1, 0.15) is 26.0 Å². The molecule has 0 saturated carbocycles. The van der Waals surface area contributed by atoms with Gasteiger partial charge in [0.2, 0.25) is 5.95 Å². The summed E-state index contributed by atoms with van der Waals surface area (Å²) in [6.07, 6.45) is 0.557. The third-order valence-electron chi connectivity index (χ3n) is 2.39. The quantitative estimate of drug-likeness (QED) is 0.342. The van der Waals surface area contributed by atoms with Gasteiger partial charge in [0, 0.05) is 18.4 Å². The molecule has 1 atom stereocenters. The van der Waals surface area contributed by atoms with Crippen molar-refractivity contribution in [1.29, 1.82) is 0 Å². The largest absolute Gasteiger partial charge is 0.396 e. The van der Waals surface area contributed by atoms with Gasteiger partial charge in [0.25, 0.3) is 0 Å². The lowest BCUT2D eigenvalue weighted by Crippen LogP contribution is -2.09. The Bertz CT molecular complexity index is 456. The van der Waals surface area contributed by atoms with Crippen LogP contribution in [0.3, 0.4) is 0 Å². The zero-order valence-corrected chi connectivity index (χ0v) is 12.0. The molecule has 0 radical (unpaired) electrons. The summed E-state index contributed by atoms with van der Waals surface area (Å²) in [5.41, 5.74) is 0.283. The summed E-state index contributed by atoms with van der Waals surface area (Å²) in [5.74, 6) is 0.393. The molecule has 0 aliphatic carbocycles. The first-order valence-electron chi connectivity index (χ1n) is 6.04. The van der Waals surface area contributed by atoms with Crippen LogP contribution in [-0.4, -0.2) is 38.4 Å². The molecule has 1 heterocycles. The molecule has 19 heavy (non-hydrogen) atoms. The maximum absolute atomic E-state index is 11.1. The molecule has 0 amide bonds. The highest BCUT2D eigenvalue weighted by Gasteiger charge is 2.23. The summed E-state index contributed by atoms with van der Waals surface area (Å²) in [6.45, 7) is 6.09. The number of anilines is 1. The van der Waals surface area contributed by atoms with Gasteiger partial charge in [-0.1, -0.05) is 18.7 Å². The smallest absolute Gasteiger partial charge is 0.322 e. The lowest BCUT2D eigenvalue weighted by Gasteiger charge is -2.11. The van der Waals surface area contributed by atoms with Crippen molar-refractivity contribution >= 4 is 23.4 Å². The molecule has 0 aromatic carbocycles. The van der Waals surface area contributed by atoms with Crippen LogP contribution in [0, 0.1) is 17.0 Å². The topological polar surface area (TPSA) is 101 Å². The number of hydrogen-bond acceptors (Lipinski definition) is 7. The molecule has 1 aromatic rings. The van der Waals surface area contributed by atoms with Crippen molar-refractivity contribution in [1.82, 2.24) is 9.97 Å². The number of rotatable bonds is 7. The van der Waals surface area contributed by atoms with E-state index in [4.69, 9.17) is 5.11 Å². The fourth-order valence-electron chi connectivity index (χ4n) is 1.50. The predicted molar refractivity (Wildman–Crippen MR) is 74.6 cm³/mol. The number of aliphatic hydroxyl groups excluding tert-OH is 1. The van der Waals surface area contributed by atoms with E-state index < -0.39 is 4.92 Å². The summed E-state index contributed by atoms with van der Waals surface area (Å²) in [7, 11) is 0. The van der Waals surface area contributed by atoms with Crippen molar-refractivity contribution in [2.45, 2.75) is 37.5 Å².